The van der Waals surface area contributed by atoms with Crippen LogP contribution in [-0.4, -0.2) is 72.9 Å². The van der Waals surface area contributed by atoms with E-state index >= 15 is 0 Å². The smallest absolute Gasteiger partial charge is 0.0628 e. The van der Waals surface area contributed by atoms with Gasteiger partial charge in [0.05, 0.1) is 12.1 Å². The van der Waals surface area contributed by atoms with Gasteiger partial charge in [-0.05, 0) is 51.6 Å². The average Bonchev–Trinajstić information content (AvgIpc) is 3.28. The highest BCUT2D eigenvalue weighted by molar-refractivity contribution is 5.07. The number of hydrogen-bond donors (Lipinski definition) is 2. The minimum absolute atomic E-state index is 0.0257. The van der Waals surface area contributed by atoms with Gasteiger partial charge in [0.25, 0.3) is 0 Å². The average molecular weight is 281 g/mol. The second kappa shape index (κ2) is 5.56. The minimum atomic E-state index is -0.0257. The normalized spacial score (nSPS) is 34.6. The summed E-state index contributed by atoms with van der Waals surface area (Å²) in [6.45, 7) is 6.00. The quantitative estimate of drug-likeness (QED) is 0.723. The van der Waals surface area contributed by atoms with Crippen molar-refractivity contribution in [3.05, 3.63) is 0 Å². The van der Waals surface area contributed by atoms with Crippen LogP contribution in [0, 0.1) is 11.8 Å². The molecule has 3 atom stereocenters. The van der Waals surface area contributed by atoms with Crippen molar-refractivity contribution in [1.29, 1.82) is 0 Å². The Morgan fingerprint density at radius 2 is 1.90 bits per heavy atom. The first-order valence-corrected chi connectivity index (χ1v) is 8.31. The number of likely N-dealkylation sites (tertiary alicyclic amines) is 1. The van der Waals surface area contributed by atoms with Crippen molar-refractivity contribution in [2.24, 2.45) is 11.8 Å². The first-order chi connectivity index (χ1) is 9.54. The number of rotatable bonds is 7. The predicted octanol–water partition coefficient (Wildman–Crippen LogP) is 0.761. The van der Waals surface area contributed by atoms with Crippen molar-refractivity contribution in [1.82, 2.24) is 15.1 Å². The predicted molar refractivity (Wildman–Crippen MR) is 81.8 cm³/mol. The molecule has 0 aromatic rings. The topological polar surface area (TPSA) is 38.7 Å². The third kappa shape index (κ3) is 3.03. The van der Waals surface area contributed by atoms with E-state index in [-0.39, 0.29) is 5.54 Å². The van der Waals surface area contributed by atoms with Crippen LogP contribution in [0.3, 0.4) is 0 Å². The monoisotopic (exact) mass is 281 g/mol. The number of aliphatic hydroxyl groups excluding tert-OH is 1. The van der Waals surface area contributed by atoms with Crippen molar-refractivity contribution in [3.63, 3.8) is 0 Å². The van der Waals surface area contributed by atoms with Gasteiger partial charge in [-0.1, -0.05) is 6.92 Å². The van der Waals surface area contributed by atoms with Crippen LogP contribution in [0.4, 0.5) is 0 Å². The van der Waals surface area contributed by atoms with Gasteiger partial charge in [0.1, 0.15) is 0 Å². The molecule has 1 saturated heterocycles. The molecule has 2 aliphatic carbocycles. The molecule has 2 N–H and O–H groups in total. The molecule has 4 nitrogen and oxygen atoms in total. The van der Waals surface area contributed by atoms with E-state index in [1.54, 1.807) is 0 Å². The van der Waals surface area contributed by atoms with Crippen LogP contribution in [-0.2, 0) is 0 Å². The van der Waals surface area contributed by atoms with Crippen LogP contribution in [0.15, 0.2) is 0 Å². The van der Waals surface area contributed by atoms with Crippen molar-refractivity contribution in [2.45, 2.75) is 50.2 Å². The molecule has 20 heavy (non-hydrogen) atoms. The molecule has 3 fully saturated rings. The first-order valence-electron chi connectivity index (χ1n) is 8.31. The SMILES string of the molecule is CC1CN(CC(CO)(NC2CC2)C2CC2)CC1N(C)C. The van der Waals surface area contributed by atoms with E-state index < -0.39 is 0 Å². The van der Waals surface area contributed by atoms with Gasteiger partial charge >= 0.3 is 0 Å². The van der Waals surface area contributed by atoms with Gasteiger partial charge in [-0.15, -0.1) is 0 Å². The van der Waals surface area contributed by atoms with E-state index in [1.165, 1.54) is 32.2 Å². The molecule has 2 saturated carbocycles. The maximum absolute atomic E-state index is 10.1. The molecule has 0 amide bonds. The maximum Gasteiger partial charge on any atom is 0.0628 e. The van der Waals surface area contributed by atoms with Gasteiger partial charge in [0, 0.05) is 31.7 Å². The van der Waals surface area contributed by atoms with Gasteiger partial charge in [0.15, 0.2) is 0 Å². The largest absolute Gasteiger partial charge is 0.394 e. The van der Waals surface area contributed by atoms with Gasteiger partial charge in [-0.3, -0.25) is 4.90 Å². The van der Waals surface area contributed by atoms with Gasteiger partial charge in [-0.2, -0.15) is 0 Å². The molecular formula is C16H31N3O. The van der Waals surface area contributed by atoms with Crippen molar-refractivity contribution >= 4 is 0 Å². The molecule has 1 aliphatic heterocycles. The molecule has 3 aliphatic rings. The summed E-state index contributed by atoms with van der Waals surface area (Å²) in [5.74, 6) is 1.42. The molecule has 1 heterocycles. The van der Waals surface area contributed by atoms with Crippen LogP contribution in [0.2, 0.25) is 0 Å². The molecule has 4 heteroatoms. The molecule has 116 valence electrons. The Kier molecular flexibility index (Phi) is 4.10. The van der Waals surface area contributed by atoms with Crippen molar-refractivity contribution < 1.29 is 5.11 Å². The van der Waals surface area contributed by atoms with Crippen LogP contribution in [0.5, 0.6) is 0 Å². The zero-order chi connectivity index (χ0) is 14.3. The lowest BCUT2D eigenvalue weighted by molar-refractivity contribution is 0.0952. The lowest BCUT2D eigenvalue weighted by atomic mass is 9.93. The number of likely N-dealkylation sites (N-methyl/N-ethyl adjacent to an activating group) is 1. The molecular weight excluding hydrogens is 250 g/mol. The molecule has 3 rings (SSSR count). The van der Waals surface area contributed by atoms with Gasteiger partial charge < -0.3 is 15.3 Å². The number of nitrogens with one attached hydrogen (secondary N) is 1. The van der Waals surface area contributed by atoms with Crippen LogP contribution in [0.25, 0.3) is 0 Å². The Morgan fingerprint density at radius 1 is 1.20 bits per heavy atom. The standard InChI is InChI=1S/C16H31N3O/c1-12-8-19(9-15(12)18(2)3)10-16(11-20,13-4-5-13)17-14-6-7-14/h12-15,17,20H,4-11H2,1-3H3. The zero-order valence-electron chi connectivity index (χ0n) is 13.3. The van der Waals surface area contributed by atoms with Crippen LogP contribution < -0.4 is 5.32 Å². The van der Waals surface area contributed by atoms with Crippen LogP contribution >= 0.6 is 0 Å². The fourth-order valence-electron chi connectivity index (χ4n) is 4.04. The van der Waals surface area contributed by atoms with E-state index in [0.717, 1.165) is 19.0 Å². The summed E-state index contributed by atoms with van der Waals surface area (Å²) < 4.78 is 0. The van der Waals surface area contributed by atoms with Crippen molar-refractivity contribution in [2.75, 3.05) is 40.3 Å². The number of hydrogen-bond acceptors (Lipinski definition) is 4. The summed E-state index contributed by atoms with van der Waals surface area (Å²) in [5, 5.41) is 13.9. The highest BCUT2D eigenvalue weighted by Crippen LogP contribution is 2.42. The fraction of sp³-hybridized carbons (Fsp3) is 1.00. The Bertz CT molecular complexity index is 341. The summed E-state index contributed by atoms with van der Waals surface area (Å²) in [6, 6.07) is 1.33. The van der Waals surface area contributed by atoms with Gasteiger partial charge in [-0.25, -0.2) is 0 Å². The third-order valence-electron chi connectivity index (χ3n) is 5.53. The highest BCUT2D eigenvalue weighted by Gasteiger charge is 2.49. The zero-order valence-corrected chi connectivity index (χ0v) is 13.3. The fourth-order valence-corrected chi connectivity index (χ4v) is 4.04. The van der Waals surface area contributed by atoms with E-state index in [9.17, 15) is 5.11 Å². The second-order valence-electron chi connectivity index (χ2n) is 7.71. The Balaban J connectivity index is 1.64. The minimum Gasteiger partial charge on any atom is -0.394 e. The molecule has 0 aromatic carbocycles. The van der Waals surface area contributed by atoms with E-state index in [1.807, 2.05) is 0 Å². The molecule has 0 radical (unpaired) electrons. The Morgan fingerprint density at radius 3 is 2.35 bits per heavy atom. The molecule has 0 spiro atoms. The number of aliphatic hydroxyl groups is 1. The van der Waals surface area contributed by atoms with E-state index in [0.29, 0.717) is 24.6 Å². The van der Waals surface area contributed by atoms with E-state index in [2.05, 4.69) is 36.1 Å². The first kappa shape index (κ1) is 14.8. The maximum atomic E-state index is 10.1. The summed E-state index contributed by atoms with van der Waals surface area (Å²) in [4.78, 5) is 4.94. The molecule has 0 bridgehead atoms. The lowest BCUT2D eigenvalue weighted by Crippen LogP contribution is -2.58. The second-order valence-corrected chi connectivity index (χ2v) is 7.71. The van der Waals surface area contributed by atoms with Crippen LogP contribution in [0.1, 0.15) is 32.6 Å². The lowest BCUT2D eigenvalue weighted by Gasteiger charge is -2.37. The van der Waals surface area contributed by atoms with Crippen molar-refractivity contribution in [3.8, 4) is 0 Å². The summed E-state index contributed by atoms with van der Waals surface area (Å²) in [5.41, 5.74) is -0.0257. The highest BCUT2D eigenvalue weighted by atomic mass is 16.3. The summed E-state index contributed by atoms with van der Waals surface area (Å²) in [6.07, 6.45) is 5.18. The Hall–Kier alpha value is -0.160. The third-order valence-corrected chi connectivity index (χ3v) is 5.53. The van der Waals surface area contributed by atoms with E-state index in [4.69, 9.17) is 0 Å². The summed E-state index contributed by atoms with van der Waals surface area (Å²) in [7, 11) is 4.38. The summed E-state index contributed by atoms with van der Waals surface area (Å²) >= 11 is 0. The van der Waals surface area contributed by atoms with Gasteiger partial charge in [0.2, 0.25) is 0 Å². The molecule has 3 unspecified atom stereocenters. The Labute approximate surface area is 123 Å². The molecule has 0 aromatic heterocycles. The number of nitrogens with zero attached hydrogens (tertiary/aromatic N) is 2.